The molecular weight excluding hydrogens is 386 g/mol. The lowest BCUT2D eigenvalue weighted by Gasteiger charge is -2.21. The number of benzene rings is 2. The normalized spacial score (nSPS) is 10.8. The van der Waals surface area contributed by atoms with E-state index in [1.165, 1.54) is 5.56 Å². The van der Waals surface area contributed by atoms with Gasteiger partial charge in [0.25, 0.3) is 0 Å². The van der Waals surface area contributed by atoms with E-state index < -0.39 is 0 Å². The van der Waals surface area contributed by atoms with Crippen molar-refractivity contribution in [2.24, 2.45) is 0 Å². The van der Waals surface area contributed by atoms with Crippen LogP contribution in [-0.4, -0.2) is 34.5 Å². The number of pyridine rings is 1. The van der Waals surface area contributed by atoms with E-state index in [4.69, 9.17) is 4.98 Å². The van der Waals surface area contributed by atoms with Crippen molar-refractivity contribution in [3.05, 3.63) is 77.6 Å². The van der Waals surface area contributed by atoms with Crippen LogP contribution in [0, 0.1) is 20.8 Å². The summed E-state index contributed by atoms with van der Waals surface area (Å²) in [5.74, 6) is 1.19. The number of likely N-dealkylation sites (N-methyl/N-ethyl adjacent to an activating group) is 1. The van der Waals surface area contributed by atoms with Crippen LogP contribution in [-0.2, 0) is 4.79 Å². The van der Waals surface area contributed by atoms with Gasteiger partial charge in [-0.15, -0.1) is 0 Å². The second-order valence-corrected chi connectivity index (χ2v) is 7.81. The Hall–Kier alpha value is -3.80. The van der Waals surface area contributed by atoms with E-state index in [9.17, 15) is 4.79 Å². The number of amides is 1. The Morgan fingerprint density at radius 2 is 1.74 bits per heavy atom. The molecule has 0 radical (unpaired) electrons. The van der Waals surface area contributed by atoms with Crippen LogP contribution in [0.4, 0.5) is 11.5 Å². The van der Waals surface area contributed by atoms with Gasteiger partial charge < -0.3 is 10.2 Å². The second kappa shape index (κ2) is 8.52. The fourth-order valence-corrected chi connectivity index (χ4v) is 3.82. The molecule has 0 aliphatic rings. The molecule has 31 heavy (non-hydrogen) atoms. The minimum absolute atomic E-state index is 0.0943. The summed E-state index contributed by atoms with van der Waals surface area (Å²) < 4.78 is 0. The zero-order chi connectivity index (χ0) is 22.0. The van der Waals surface area contributed by atoms with Gasteiger partial charge >= 0.3 is 0 Å². The molecule has 1 amide bonds. The van der Waals surface area contributed by atoms with Gasteiger partial charge in [-0.05, 0) is 56.2 Å². The summed E-state index contributed by atoms with van der Waals surface area (Å²) in [5, 5.41) is 3.96. The zero-order valence-electron chi connectivity index (χ0n) is 18.2. The van der Waals surface area contributed by atoms with Crippen molar-refractivity contribution in [2.45, 2.75) is 20.8 Å². The topological polar surface area (TPSA) is 71.0 Å². The maximum atomic E-state index is 12.9. The number of aromatic nitrogens is 3. The molecule has 2 aromatic carbocycles. The number of hydrogen-bond acceptors (Lipinski definition) is 5. The Balaban J connectivity index is 1.64. The maximum Gasteiger partial charge on any atom is 0.243 e. The van der Waals surface area contributed by atoms with Gasteiger partial charge in [-0.25, -0.2) is 9.97 Å². The Bertz CT molecular complexity index is 1230. The monoisotopic (exact) mass is 411 g/mol. The minimum Gasteiger partial charge on any atom is -0.350 e. The molecule has 0 aliphatic carbocycles. The van der Waals surface area contributed by atoms with Gasteiger partial charge in [0.05, 0.1) is 12.1 Å². The van der Waals surface area contributed by atoms with Crippen LogP contribution < -0.4 is 10.2 Å². The smallest absolute Gasteiger partial charge is 0.243 e. The van der Waals surface area contributed by atoms with Crippen molar-refractivity contribution >= 4 is 28.3 Å². The van der Waals surface area contributed by atoms with Crippen LogP contribution in [0.25, 0.3) is 22.3 Å². The summed E-state index contributed by atoms with van der Waals surface area (Å²) >= 11 is 0. The van der Waals surface area contributed by atoms with Gasteiger partial charge in [0.1, 0.15) is 5.82 Å². The second-order valence-electron chi connectivity index (χ2n) is 7.81. The summed E-state index contributed by atoms with van der Waals surface area (Å²) in [5.41, 5.74) is 5.81. The number of anilines is 2. The van der Waals surface area contributed by atoms with Crippen molar-refractivity contribution in [1.29, 1.82) is 0 Å². The number of hydrogen-bond donors (Lipinski definition) is 1. The molecular formula is C25H25N5O. The van der Waals surface area contributed by atoms with E-state index in [1.807, 2.05) is 62.2 Å². The Morgan fingerprint density at radius 3 is 2.45 bits per heavy atom. The third-order valence-electron chi connectivity index (χ3n) is 5.19. The summed E-state index contributed by atoms with van der Waals surface area (Å²) in [6, 6.07) is 15.8. The van der Waals surface area contributed by atoms with Crippen LogP contribution >= 0.6 is 0 Å². The number of nitrogens with zero attached hydrogens (tertiary/aromatic N) is 4. The number of carbonyl (C=O) groups excluding carboxylic acids is 1. The Kier molecular flexibility index (Phi) is 5.62. The van der Waals surface area contributed by atoms with Gasteiger partial charge in [0.15, 0.2) is 5.82 Å². The number of nitrogens with one attached hydrogen (secondary N) is 1. The van der Waals surface area contributed by atoms with E-state index in [2.05, 4.69) is 34.3 Å². The number of para-hydroxylation sites is 1. The molecule has 156 valence electrons. The maximum absolute atomic E-state index is 12.9. The van der Waals surface area contributed by atoms with Gasteiger partial charge in [-0.3, -0.25) is 9.78 Å². The fourth-order valence-electron chi connectivity index (χ4n) is 3.82. The number of fused-ring (bicyclic) bond motifs is 1. The molecule has 0 saturated heterocycles. The third kappa shape index (κ3) is 4.38. The predicted octanol–water partition coefficient (Wildman–Crippen LogP) is 4.69. The first-order valence-electron chi connectivity index (χ1n) is 10.2. The lowest BCUT2D eigenvalue weighted by Crippen LogP contribution is -2.31. The van der Waals surface area contributed by atoms with Gasteiger partial charge in [-0.1, -0.05) is 29.8 Å². The van der Waals surface area contributed by atoms with Crippen molar-refractivity contribution < 1.29 is 4.79 Å². The van der Waals surface area contributed by atoms with Crippen LogP contribution in [0.15, 0.2) is 60.9 Å². The van der Waals surface area contributed by atoms with Crippen molar-refractivity contribution in [3.8, 4) is 11.4 Å². The lowest BCUT2D eigenvalue weighted by molar-refractivity contribution is -0.114. The first-order chi connectivity index (χ1) is 14.9. The molecule has 0 saturated carbocycles. The standard InChI is InChI=1S/C25H25N5O/c1-16-12-17(2)23(18(3)13-16)28-22(31)15-30(4)25-20-9-5-6-10-21(20)27-24(29-25)19-8-7-11-26-14-19/h5-14H,15H2,1-4H3,(H,28,31). The molecule has 4 aromatic rings. The van der Waals surface area contributed by atoms with Crippen LogP contribution in [0.5, 0.6) is 0 Å². The van der Waals surface area contributed by atoms with E-state index >= 15 is 0 Å². The first-order valence-corrected chi connectivity index (χ1v) is 10.2. The molecule has 6 nitrogen and oxygen atoms in total. The molecule has 2 aromatic heterocycles. The molecule has 0 spiro atoms. The van der Waals surface area contributed by atoms with E-state index in [0.717, 1.165) is 33.3 Å². The summed E-state index contributed by atoms with van der Waals surface area (Å²) in [6.45, 7) is 6.24. The van der Waals surface area contributed by atoms with Crippen LogP contribution in [0.3, 0.4) is 0 Å². The summed E-state index contributed by atoms with van der Waals surface area (Å²) in [4.78, 5) is 28.4. The predicted molar refractivity (Wildman–Crippen MR) is 125 cm³/mol. The van der Waals surface area contributed by atoms with E-state index in [1.54, 1.807) is 12.4 Å². The van der Waals surface area contributed by atoms with Gasteiger partial charge in [-0.2, -0.15) is 0 Å². The van der Waals surface area contributed by atoms with Crippen molar-refractivity contribution in [3.63, 3.8) is 0 Å². The molecule has 2 heterocycles. The molecule has 4 rings (SSSR count). The quantitative estimate of drug-likeness (QED) is 0.516. The van der Waals surface area contributed by atoms with Crippen molar-refractivity contribution in [2.75, 3.05) is 23.8 Å². The van der Waals surface area contributed by atoms with Crippen LogP contribution in [0.1, 0.15) is 16.7 Å². The lowest BCUT2D eigenvalue weighted by atomic mass is 10.1. The van der Waals surface area contributed by atoms with E-state index in [-0.39, 0.29) is 12.5 Å². The number of rotatable bonds is 5. The average Bonchev–Trinajstić information content (AvgIpc) is 2.76. The molecule has 6 heteroatoms. The highest BCUT2D eigenvalue weighted by atomic mass is 16.2. The molecule has 0 fully saturated rings. The Morgan fingerprint density at radius 1 is 1.00 bits per heavy atom. The van der Waals surface area contributed by atoms with E-state index in [0.29, 0.717) is 11.6 Å². The molecule has 0 bridgehead atoms. The molecule has 0 atom stereocenters. The summed E-state index contributed by atoms with van der Waals surface area (Å²) in [6.07, 6.45) is 3.46. The van der Waals surface area contributed by atoms with Gasteiger partial charge in [0, 0.05) is 36.1 Å². The largest absolute Gasteiger partial charge is 0.350 e. The number of aryl methyl sites for hydroxylation is 3. The third-order valence-corrected chi connectivity index (χ3v) is 5.19. The minimum atomic E-state index is -0.0943. The highest BCUT2D eigenvalue weighted by Crippen LogP contribution is 2.27. The zero-order valence-corrected chi connectivity index (χ0v) is 18.2. The number of carbonyl (C=O) groups is 1. The summed E-state index contributed by atoms with van der Waals surface area (Å²) in [7, 11) is 1.87. The highest BCUT2D eigenvalue weighted by molar-refractivity contribution is 5.97. The molecule has 0 unspecified atom stereocenters. The SMILES string of the molecule is Cc1cc(C)c(NC(=O)CN(C)c2nc(-c3cccnc3)nc3ccccc23)c(C)c1. The molecule has 1 N–H and O–H groups in total. The fraction of sp³-hybridized carbons (Fsp3) is 0.200. The molecule has 0 aliphatic heterocycles. The van der Waals surface area contributed by atoms with Crippen LogP contribution in [0.2, 0.25) is 0 Å². The van der Waals surface area contributed by atoms with Gasteiger partial charge in [0.2, 0.25) is 5.91 Å². The first kappa shape index (κ1) is 20.5. The Labute approximate surface area is 182 Å². The van der Waals surface area contributed by atoms with Crippen molar-refractivity contribution in [1.82, 2.24) is 15.0 Å². The average molecular weight is 412 g/mol. The highest BCUT2D eigenvalue weighted by Gasteiger charge is 2.16.